The lowest BCUT2D eigenvalue weighted by Crippen LogP contribution is -2.27. The van der Waals surface area contributed by atoms with Gasteiger partial charge in [-0.3, -0.25) is 4.79 Å². The number of aromatic nitrogens is 2. The molecule has 0 aliphatic heterocycles. The molecule has 1 amide bonds. The van der Waals surface area contributed by atoms with Gasteiger partial charge in [-0.05, 0) is 37.6 Å². The molecule has 1 aromatic carbocycles. The van der Waals surface area contributed by atoms with Gasteiger partial charge in [0.2, 0.25) is 0 Å². The molecule has 0 saturated carbocycles. The summed E-state index contributed by atoms with van der Waals surface area (Å²) in [5, 5.41) is 25.4. The zero-order chi connectivity index (χ0) is 15.4. The summed E-state index contributed by atoms with van der Waals surface area (Å²) < 4.78 is 14.1. The number of halogens is 1. The zero-order valence-electron chi connectivity index (χ0n) is 11.5. The Hall–Kier alpha value is -2.41. The normalized spacial score (nSPS) is 12.1. The quantitative estimate of drug-likeness (QED) is 0.773. The Kier molecular flexibility index (Phi) is 4.54. The summed E-state index contributed by atoms with van der Waals surface area (Å²) in [6.45, 7) is 1.90. The molecule has 1 aromatic heterocycles. The SMILES string of the molecule is CC(O)CCNC(=O)c1nn(-c2ccc(F)cc2)cc1O. The van der Waals surface area contributed by atoms with Crippen molar-refractivity contribution in [1.29, 1.82) is 0 Å². The van der Waals surface area contributed by atoms with E-state index in [2.05, 4.69) is 10.4 Å². The summed E-state index contributed by atoms with van der Waals surface area (Å²) in [6, 6.07) is 5.49. The first-order chi connectivity index (χ1) is 9.97. The van der Waals surface area contributed by atoms with Crippen LogP contribution >= 0.6 is 0 Å². The molecule has 0 spiro atoms. The first-order valence-electron chi connectivity index (χ1n) is 6.48. The van der Waals surface area contributed by atoms with E-state index in [0.717, 1.165) is 0 Å². The van der Waals surface area contributed by atoms with Crippen molar-refractivity contribution in [2.75, 3.05) is 6.54 Å². The van der Waals surface area contributed by atoms with E-state index in [4.69, 9.17) is 5.11 Å². The number of hydrogen-bond acceptors (Lipinski definition) is 4. The number of amides is 1. The van der Waals surface area contributed by atoms with Crippen molar-refractivity contribution >= 4 is 5.91 Å². The van der Waals surface area contributed by atoms with Crippen LogP contribution in [-0.2, 0) is 0 Å². The van der Waals surface area contributed by atoms with Crippen molar-refractivity contribution in [1.82, 2.24) is 15.1 Å². The van der Waals surface area contributed by atoms with Crippen LogP contribution in [0.4, 0.5) is 4.39 Å². The van der Waals surface area contributed by atoms with Crippen molar-refractivity contribution < 1.29 is 19.4 Å². The Morgan fingerprint density at radius 3 is 2.71 bits per heavy atom. The van der Waals surface area contributed by atoms with Crippen LogP contribution in [0.2, 0.25) is 0 Å². The number of carbonyl (C=O) groups excluding carboxylic acids is 1. The summed E-state index contributed by atoms with van der Waals surface area (Å²) >= 11 is 0. The van der Waals surface area contributed by atoms with Crippen molar-refractivity contribution in [3.8, 4) is 11.4 Å². The average Bonchev–Trinajstić information content (AvgIpc) is 2.81. The van der Waals surface area contributed by atoms with Crippen molar-refractivity contribution in [2.45, 2.75) is 19.4 Å². The maximum atomic E-state index is 12.9. The molecule has 7 heteroatoms. The molecule has 0 saturated heterocycles. The predicted octanol–water partition coefficient (Wildman–Crippen LogP) is 1.22. The first-order valence-corrected chi connectivity index (χ1v) is 6.48. The van der Waals surface area contributed by atoms with Crippen LogP contribution in [0.25, 0.3) is 5.69 Å². The summed E-state index contributed by atoms with van der Waals surface area (Å²) in [5.41, 5.74) is 0.402. The number of nitrogens with zero attached hydrogens (tertiary/aromatic N) is 2. The highest BCUT2D eigenvalue weighted by molar-refractivity contribution is 5.94. The van der Waals surface area contributed by atoms with Crippen molar-refractivity contribution in [2.24, 2.45) is 0 Å². The Morgan fingerprint density at radius 2 is 2.10 bits per heavy atom. The van der Waals surface area contributed by atoms with E-state index >= 15 is 0 Å². The van der Waals surface area contributed by atoms with E-state index in [0.29, 0.717) is 12.1 Å². The molecule has 2 rings (SSSR count). The molecule has 0 fully saturated rings. The molecule has 1 heterocycles. The fourth-order valence-corrected chi connectivity index (χ4v) is 1.73. The number of carbonyl (C=O) groups is 1. The third-order valence-electron chi connectivity index (χ3n) is 2.85. The van der Waals surface area contributed by atoms with Gasteiger partial charge in [-0.1, -0.05) is 0 Å². The van der Waals surface area contributed by atoms with Crippen LogP contribution in [-0.4, -0.2) is 38.5 Å². The second kappa shape index (κ2) is 6.36. The lowest BCUT2D eigenvalue weighted by atomic mass is 10.3. The molecule has 2 aromatic rings. The summed E-state index contributed by atoms with van der Waals surface area (Å²) in [5.74, 6) is -1.19. The maximum Gasteiger partial charge on any atom is 0.275 e. The van der Waals surface area contributed by atoms with E-state index in [9.17, 15) is 14.3 Å². The Balaban J connectivity index is 2.11. The predicted molar refractivity (Wildman–Crippen MR) is 73.8 cm³/mol. The van der Waals surface area contributed by atoms with Gasteiger partial charge in [0.1, 0.15) is 5.82 Å². The Morgan fingerprint density at radius 1 is 1.43 bits per heavy atom. The molecule has 0 aliphatic rings. The lowest BCUT2D eigenvalue weighted by Gasteiger charge is -2.05. The molecule has 6 nitrogen and oxygen atoms in total. The third kappa shape index (κ3) is 3.79. The number of benzene rings is 1. The van der Waals surface area contributed by atoms with E-state index in [1.165, 1.54) is 35.1 Å². The minimum absolute atomic E-state index is 0.120. The fourth-order valence-electron chi connectivity index (χ4n) is 1.73. The fraction of sp³-hybridized carbons (Fsp3) is 0.286. The highest BCUT2D eigenvalue weighted by Gasteiger charge is 2.16. The summed E-state index contributed by atoms with van der Waals surface area (Å²) in [7, 11) is 0. The van der Waals surface area contributed by atoms with Gasteiger partial charge >= 0.3 is 0 Å². The van der Waals surface area contributed by atoms with E-state index in [1.807, 2.05) is 0 Å². The van der Waals surface area contributed by atoms with Gasteiger partial charge in [0, 0.05) is 6.54 Å². The smallest absolute Gasteiger partial charge is 0.275 e. The van der Waals surface area contributed by atoms with Gasteiger partial charge < -0.3 is 15.5 Å². The summed E-state index contributed by atoms with van der Waals surface area (Å²) in [6.07, 6.45) is 1.16. The van der Waals surface area contributed by atoms with Gasteiger partial charge in [-0.25, -0.2) is 9.07 Å². The van der Waals surface area contributed by atoms with Crippen LogP contribution in [0, 0.1) is 5.82 Å². The number of aliphatic hydroxyl groups excluding tert-OH is 1. The molecule has 1 unspecified atom stereocenters. The standard InChI is InChI=1S/C14H16FN3O3/c1-9(19)6-7-16-14(21)13-12(20)8-18(17-13)11-4-2-10(15)3-5-11/h2-5,8-9,19-20H,6-7H2,1H3,(H,16,21). The van der Waals surface area contributed by atoms with E-state index in [1.54, 1.807) is 6.92 Å². The zero-order valence-corrected chi connectivity index (χ0v) is 11.5. The highest BCUT2D eigenvalue weighted by Crippen LogP contribution is 2.18. The summed E-state index contributed by atoms with van der Waals surface area (Å²) in [4.78, 5) is 11.9. The number of aliphatic hydroxyl groups is 1. The van der Waals surface area contributed by atoms with Gasteiger partial charge in [-0.2, -0.15) is 5.10 Å². The third-order valence-corrected chi connectivity index (χ3v) is 2.85. The van der Waals surface area contributed by atoms with E-state index in [-0.39, 0.29) is 23.8 Å². The largest absolute Gasteiger partial charge is 0.504 e. The molecule has 112 valence electrons. The monoisotopic (exact) mass is 293 g/mol. The Bertz CT molecular complexity index is 623. The molecular weight excluding hydrogens is 277 g/mol. The Labute approximate surface area is 120 Å². The van der Waals surface area contributed by atoms with Crippen LogP contribution in [0.3, 0.4) is 0 Å². The van der Waals surface area contributed by atoms with Crippen LogP contribution in [0.1, 0.15) is 23.8 Å². The number of aromatic hydroxyl groups is 1. The molecule has 0 radical (unpaired) electrons. The minimum Gasteiger partial charge on any atom is -0.504 e. The highest BCUT2D eigenvalue weighted by atomic mass is 19.1. The minimum atomic E-state index is -0.533. The molecule has 1 atom stereocenters. The number of rotatable bonds is 5. The molecular formula is C14H16FN3O3. The second-order valence-corrected chi connectivity index (χ2v) is 4.68. The van der Waals surface area contributed by atoms with Gasteiger partial charge in [0.05, 0.1) is 18.0 Å². The van der Waals surface area contributed by atoms with Gasteiger partial charge in [-0.15, -0.1) is 0 Å². The average molecular weight is 293 g/mol. The van der Waals surface area contributed by atoms with Crippen LogP contribution in [0.15, 0.2) is 30.5 Å². The van der Waals surface area contributed by atoms with E-state index < -0.39 is 12.0 Å². The second-order valence-electron chi connectivity index (χ2n) is 4.68. The lowest BCUT2D eigenvalue weighted by molar-refractivity contribution is 0.0937. The van der Waals surface area contributed by atoms with Gasteiger partial charge in [0.25, 0.3) is 5.91 Å². The van der Waals surface area contributed by atoms with Crippen molar-refractivity contribution in [3.63, 3.8) is 0 Å². The maximum absolute atomic E-state index is 12.9. The van der Waals surface area contributed by atoms with Gasteiger partial charge in [0.15, 0.2) is 11.4 Å². The number of nitrogens with one attached hydrogen (secondary N) is 1. The first kappa shape index (κ1) is 15.0. The van der Waals surface area contributed by atoms with Crippen molar-refractivity contribution in [3.05, 3.63) is 42.0 Å². The van der Waals surface area contributed by atoms with Crippen LogP contribution < -0.4 is 5.32 Å². The molecule has 21 heavy (non-hydrogen) atoms. The van der Waals surface area contributed by atoms with Crippen LogP contribution in [0.5, 0.6) is 5.75 Å². The molecule has 0 aliphatic carbocycles. The molecule has 3 N–H and O–H groups in total. The molecule has 0 bridgehead atoms. The topological polar surface area (TPSA) is 87.4 Å². The number of hydrogen-bond donors (Lipinski definition) is 3.